The summed E-state index contributed by atoms with van der Waals surface area (Å²) in [6.07, 6.45) is 1.30. The van der Waals surface area contributed by atoms with Gasteiger partial charge in [-0.15, -0.1) is 0 Å². The molecule has 1 fully saturated rings. The van der Waals surface area contributed by atoms with Gasteiger partial charge < -0.3 is 4.90 Å². The van der Waals surface area contributed by atoms with E-state index < -0.39 is 0 Å². The van der Waals surface area contributed by atoms with E-state index in [1.54, 1.807) is 0 Å². The minimum Gasteiger partial charge on any atom is -0.369 e. The SMILES string of the molecule is Clc1cccc(N2CCN(CCCI)CC2)c1. The van der Waals surface area contributed by atoms with Gasteiger partial charge >= 0.3 is 0 Å². The second-order valence-electron chi connectivity index (χ2n) is 4.35. The number of alkyl halides is 1. The first kappa shape index (κ1) is 13.4. The molecule has 2 rings (SSSR count). The highest BCUT2D eigenvalue weighted by Gasteiger charge is 2.16. The maximum absolute atomic E-state index is 6.02. The molecule has 1 aromatic rings. The van der Waals surface area contributed by atoms with E-state index in [4.69, 9.17) is 11.6 Å². The Morgan fingerprint density at radius 2 is 1.94 bits per heavy atom. The zero-order valence-electron chi connectivity index (χ0n) is 9.91. The van der Waals surface area contributed by atoms with Gasteiger partial charge in [0.05, 0.1) is 0 Å². The zero-order valence-corrected chi connectivity index (χ0v) is 12.8. The molecule has 1 saturated heterocycles. The Hall–Kier alpha value is -0.000000000000000111. The monoisotopic (exact) mass is 364 g/mol. The first-order chi connectivity index (χ1) is 8.29. The molecule has 4 heteroatoms. The lowest BCUT2D eigenvalue weighted by molar-refractivity contribution is 0.259. The van der Waals surface area contributed by atoms with Crippen LogP contribution < -0.4 is 4.90 Å². The number of hydrogen-bond acceptors (Lipinski definition) is 2. The quantitative estimate of drug-likeness (QED) is 0.597. The van der Waals surface area contributed by atoms with Gasteiger partial charge in [0.25, 0.3) is 0 Å². The number of anilines is 1. The Kier molecular flexibility index (Phi) is 5.38. The van der Waals surface area contributed by atoms with Gasteiger partial charge in [-0.05, 0) is 31.2 Å². The number of benzene rings is 1. The van der Waals surface area contributed by atoms with Crippen LogP contribution in [0.1, 0.15) is 6.42 Å². The zero-order chi connectivity index (χ0) is 12.1. The summed E-state index contributed by atoms with van der Waals surface area (Å²) in [5, 5.41) is 0.829. The van der Waals surface area contributed by atoms with Gasteiger partial charge in [-0.1, -0.05) is 40.3 Å². The fourth-order valence-electron chi connectivity index (χ4n) is 2.19. The number of hydrogen-bond donors (Lipinski definition) is 0. The van der Waals surface area contributed by atoms with Crippen molar-refractivity contribution in [2.45, 2.75) is 6.42 Å². The minimum absolute atomic E-state index is 0.829. The van der Waals surface area contributed by atoms with E-state index in [0.29, 0.717) is 0 Å². The van der Waals surface area contributed by atoms with E-state index >= 15 is 0 Å². The van der Waals surface area contributed by atoms with Crippen molar-refractivity contribution in [2.24, 2.45) is 0 Å². The Labute approximate surface area is 122 Å². The number of piperazine rings is 1. The van der Waals surface area contributed by atoms with Crippen molar-refractivity contribution in [3.8, 4) is 0 Å². The van der Waals surface area contributed by atoms with Crippen molar-refractivity contribution < 1.29 is 0 Å². The molecular formula is C13H18ClIN2. The molecule has 2 nitrogen and oxygen atoms in total. The van der Waals surface area contributed by atoms with E-state index in [9.17, 15) is 0 Å². The van der Waals surface area contributed by atoms with Crippen molar-refractivity contribution in [3.63, 3.8) is 0 Å². The molecule has 0 aromatic heterocycles. The Bertz CT molecular complexity index is 351. The van der Waals surface area contributed by atoms with Crippen LogP contribution in [-0.4, -0.2) is 42.1 Å². The summed E-state index contributed by atoms with van der Waals surface area (Å²) < 4.78 is 1.26. The third-order valence-electron chi connectivity index (χ3n) is 3.15. The molecule has 1 aliphatic heterocycles. The average molecular weight is 365 g/mol. The van der Waals surface area contributed by atoms with Crippen LogP contribution in [0.4, 0.5) is 5.69 Å². The topological polar surface area (TPSA) is 6.48 Å². The van der Waals surface area contributed by atoms with Crippen LogP contribution in [0.3, 0.4) is 0 Å². The van der Waals surface area contributed by atoms with Crippen LogP contribution in [0.15, 0.2) is 24.3 Å². The summed E-state index contributed by atoms with van der Waals surface area (Å²) in [6.45, 7) is 5.81. The summed E-state index contributed by atoms with van der Waals surface area (Å²) >= 11 is 8.47. The summed E-state index contributed by atoms with van der Waals surface area (Å²) in [7, 11) is 0. The van der Waals surface area contributed by atoms with Crippen LogP contribution >= 0.6 is 34.2 Å². The van der Waals surface area contributed by atoms with Crippen molar-refractivity contribution in [2.75, 3.05) is 42.1 Å². The highest BCUT2D eigenvalue weighted by molar-refractivity contribution is 14.1. The van der Waals surface area contributed by atoms with Gasteiger partial charge in [0.2, 0.25) is 0 Å². The van der Waals surface area contributed by atoms with Crippen LogP contribution in [0.2, 0.25) is 5.02 Å². The van der Waals surface area contributed by atoms with Gasteiger partial charge in [-0.3, -0.25) is 4.90 Å². The van der Waals surface area contributed by atoms with Crippen molar-refractivity contribution in [1.82, 2.24) is 4.90 Å². The molecular weight excluding hydrogens is 347 g/mol. The molecule has 0 bridgehead atoms. The Balaban J connectivity index is 1.86. The molecule has 0 radical (unpaired) electrons. The average Bonchev–Trinajstić information content (AvgIpc) is 2.37. The molecule has 0 atom stereocenters. The normalized spacial score (nSPS) is 17.4. The highest BCUT2D eigenvalue weighted by Crippen LogP contribution is 2.20. The minimum atomic E-state index is 0.829. The Morgan fingerprint density at radius 3 is 2.59 bits per heavy atom. The van der Waals surface area contributed by atoms with Crippen molar-refractivity contribution >= 4 is 39.9 Å². The predicted molar refractivity (Wildman–Crippen MR) is 83.6 cm³/mol. The second-order valence-corrected chi connectivity index (χ2v) is 5.87. The lowest BCUT2D eigenvalue weighted by Crippen LogP contribution is -2.46. The number of halogens is 2. The van der Waals surface area contributed by atoms with E-state index in [0.717, 1.165) is 18.1 Å². The van der Waals surface area contributed by atoms with Gasteiger partial charge in [-0.2, -0.15) is 0 Å². The molecule has 1 heterocycles. The number of nitrogens with zero attached hydrogens (tertiary/aromatic N) is 2. The maximum Gasteiger partial charge on any atom is 0.0426 e. The molecule has 0 amide bonds. The third-order valence-corrected chi connectivity index (χ3v) is 4.15. The van der Waals surface area contributed by atoms with Crippen molar-refractivity contribution in [1.29, 1.82) is 0 Å². The fourth-order valence-corrected chi connectivity index (χ4v) is 2.71. The summed E-state index contributed by atoms with van der Waals surface area (Å²) in [5.74, 6) is 0. The molecule has 1 aromatic carbocycles. The standard InChI is InChI=1S/C13H18ClIN2/c14-12-3-1-4-13(11-12)17-9-7-16(8-10-17)6-2-5-15/h1,3-4,11H,2,5-10H2. The molecule has 0 N–H and O–H groups in total. The Morgan fingerprint density at radius 1 is 1.18 bits per heavy atom. The molecule has 94 valence electrons. The number of rotatable bonds is 4. The van der Waals surface area contributed by atoms with Crippen molar-refractivity contribution in [3.05, 3.63) is 29.3 Å². The largest absolute Gasteiger partial charge is 0.369 e. The van der Waals surface area contributed by atoms with E-state index in [2.05, 4.69) is 44.5 Å². The summed E-state index contributed by atoms with van der Waals surface area (Å²) in [5.41, 5.74) is 1.26. The van der Waals surface area contributed by atoms with Crippen LogP contribution in [-0.2, 0) is 0 Å². The second kappa shape index (κ2) is 6.81. The molecule has 1 aliphatic rings. The molecule has 0 saturated carbocycles. The first-order valence-corrected chi connectivity index (χ1v) is 7.99. The lowest BCUT2D eigenvalue weighted by Gasteiger charge is -2.36. The van der Waals surface area contributed by atoms with E-state index in [1.165, 1.54) is 36.2 Å². The van der Waals surface area contributed by atoms with Crippen LogP contribution in [0.25, 0.3) is 0 Å². The molecule has 17 heavy (non-hydrogen) atoms. The predicted octanol–water partition coefficient (Wildman–Crippen LogP) is 3.29. The maximum atomic E-state index is 6.02. The third kappa shape index (κ3) is 4.00. The van der Waals surface area contributed by atoms with E-state index in [1.807, 2.05) is 12.1 Å². The van der Waals surface area contributed by atoms with E-state index in [-0.39, 0.29) is 0 Å². The van der Waals surface area contributed by atoms with Gasteiger partial charge in [0, 0.05) is 41.3 Å². The molecule has 0 aliphatic carbocycles. The van der Waals surface area contributed by atoms with Crippen LogP contribution in [0, 0.1) is 0 Å². The first-order valence-electron chi connectivity index (χ1n) is 6.08. The fraction of sp³-hybridized carbons (Fsp3) is 0.538. The molecule has 0 spiro atoms. The highest BCUT2D eigenvalue weighted by atomic mass is 127. The smallest absolute Gasteiger partial charge is 0.0426 e. The van der Waals surface area contributed by atoms with Gasteiger partial charge in [0.15, 0.2) is 0 Å². The molecule has 0 unspecified atom stereocenters. The summed E-state index contributed by atoms with van der Waals surface area (Å²) in [4.78, 5) is 4.98. The summed E-state index contributed by atoms with van der Waals surface area (Å²) in [6, 6.07) is 8.16. The van der Waals surface area contributed by atoms with Crippen LogP contribution in [0.5, 0.6) is 0 Å². The van der Waals surface area contributed by atoms with Gasteiger partial charge in [-0.25, -0.2) is 0 Å². The lowest BCUT2D eigenvalue weighted by atomic mass is 10.2. The van der Waals surface area contributed by atoms with Gasteiger partial charge in [0.1, 0.15) is 0 Å².